The predicted molar refractivity (Wildman–Crippen MR) is 112 cm³/mol. The summed E-state index contributed by atoms with van der Waals surface area (Å²) in [6, 6.07) is 9.64. The molecule has 9 heteroatoms. The van der Waals surface area contributed by atoms with Gasteiger partial charge in [0.15, 0.2) is 5.75 Å². The highest BCUT2D eigenvalue weighted by Crippen LogP contribution is 2.28. The number of benzene rings is 1. The minimum Gasteiger partial charge on any atom is -0.497 e. The summed E-state index contributed by atoms with van der Waals surface area (Å²) in [6.45, 7) is 2.81. The lowest BCUT2D eigenvalue weighted by Crippen LogP contribution is -2.37. The Morgan fingerprint density at radius 3 is 2.60 bits per heavy atom. The van der Waals surface area contributed by atoms with Gasteiger partial charge in [0, 0.05) is 37.1 Å². The van der Waals surface area contributed by atoms with Gasteiger partial charge in [-0.25, -0.2) is 4.68 Å². The van der Waals surface area contributed by atoms with Crippen molar-refractivity contribution in [3.8, 4) is 22.8 Å². The van der Waals surface area contributed by atoms with Gasteiger partial charge in [0.25, 0.3) is 5.56 Å². The zero-order valence-electron chi connectivity index (χ0n) is 17.2. The Morgan fingerprint density at radius 1 is 1.20 bits per heavy atom. The van der Waals surface area contributed by atoms with Crippen LogP contribution in [0.4, 0.5) is 0 Å². The third-order valence-corrected chi connectivity index (χ3v) is 4.67. The molecule has 3 rings (SSSR count). The molecule has 0 radical (unpaired) electrons. The molecule has 1 amide bonds. The monoisotopic (exact) mass is 411 g/mol. The van der Waals surface area contributed by atoms with E-state index < -0.39 is 11.6 Å². The smallest absolute Gasteiger partial charge is 0.271 e. The zero-order valence-corrected chi connectivity index (χ0v) is 17.2. The number of aryl methyl sites for hydroxylation is 1. The maximum absolute atomic E-state index is 12.6. The van der Waals surface area contributed by atoms with Crippen molar-refractivity contribution in [3.05, 3.63) is 59.1 Å². The number of hydrogen-bond donors (Lipinski definition) is 1. The molecule has 0 saturated carbocycles. The average Bonchev–Trinajstić information content (AvgIpc) is 3.29. The van der Waals surface area contributed by atoms with Crippen LogP contribution in [-0.4, -0.2) is 46.2 Å². The largest absolute Gasteiger partial charge is 0.497 e. The van der Waals surface area contributed by atoms with E-state index in [1.54, 1.807) is 37.0 Å². The van der Waals surface area contributed by atoms with Crippen molar-refractivity contribution >= 4 is 5.91 Å². The molecule has 1 aromatic carbocycles. The molecule has 1 N–H and O–H groups in total. The van der Waals surface area contributed by atoms with Gasteiger partial charge in [0.05, 0.1) is 14.2 Å². The predicted octanol–water partition coefficient (Wildman–Crippen LogP) is 1.89. The first-order chi connectivity index (χ1) is 14.5. The lowest BCUT2D eigenvalue weighted by Gasteiger charge is -2.17. The van der Waals surface area contributed by atoms with Crippen molar-refractivity contribution in [1.82, 2.24) is 24.9 Å². The van der Waals surface area contributed by atoms with Crippen LogP contribution in [0.15, 0.2) is 53.6 Å². The first-order valence-corrected chi connectivity index (χ1v) is 9.61. The van der Waals surface area contributed by atoms with Gasteiger partial charge in [-0.15, -0.1) is 0 Å². The zero-order chi connectivity index (χ0) is 21.5. The standard InChI is InChI=1S/C21H25N5O4/c1-15(21(28)22-10-4-12-25-13-5-11-23-25)26-19(27)14-18(30-3)20(24-26)16-6-8-17(29-2)9-7-16/h5-9,11,13-15H,4,10,12H2,1-3H3,(H,22,28)/t15-/m1/s1. The SMILES string of the molecule is COc1ccc(-c2nn([C@H](C)C(=O)NCCCn3cccn3)c(=O)cc2OC)cc1. The highest BCUT2D eigenvalue weighted by atomic mass is 16.5. The normalized spacial score (nSPS) is 11.7. The molecular formula is C21H25N5O4. The number of rotatable bonds is 9. The number of carbonyl (C=O) groups excluding carboxylic acids is 1. The fraction of sp³-hybridized carbons (Fsp3) is 0.333. The number of ether oxygens (including phenoxy) is 2. The highest BCUT2D eigenvalue weighted by Gasteiger charge is 2.20. The van der Waals surface area contributed by atoms with E-state index in [0.29, 0.717) is 30.3 Å². The topological polar surface area (TPSA) is 100 Å². The molecule has 9 nitrogen and oxygen atoms in total. The van der Waals surface area contributed by atoms with Crippen LogP contribution in [0, 0.1) is 0 Å². The second kappa shape index (κ2) is 9.73. The van der Waals surface area contributed by atoms with E-state index in [-0.39, 0.29) is 5.91 Å². The van der Waals surface area contributed by atoms with Gasteiger partial charge in [0.1, 0.15) is 17.5 Å². The molecule has 158 valence electrons. The molecule has 0 aliphatic heterocycles. The van der Waals surface area contributed by atoms with Crippen molar-refractivity contribution in [2.75, 3.05) is 20.8 Å². The molecule has 2 aromatic heterocycles. The molecule has 3 aromatic rings. The molecule has 0 aliphatic rings. The summed E-state index contributed by atoms with van der Waals surface area (Å²) in [4.78, 5) is 25.1. The quantitative estimate of drug-likeness (QED) is 0.540. The summed E-state index contributed by atoms with van der Waals surface area (Å²) in [5, 5.41) is 11.4. The van der Waals surface area contributed by atoms with Crippen molar-refractivity contribution in [1.29, 1.82) is 0 Å². The van der Waals surface area contributed by atoms with Gasteiger partial charge in [-0.1, -0.05) is 0 Å². The number of carbonyl (C=O) groups is 1. The Balaban J connectivity index is 1.74. The average molecular weight is 411 g/mol. The van der Waals surface area contributed by atoms with Crippen molar-refractivity contribution in [3.63, 3.8) is 0 Å². The van der Waals surface area contributed by atoms with Gasteiger partial charge >= 0.3 is 0 Å². The Morgan fingerprint density at radius 2 is 1.97 bits per heavy atom. The number of methoxy groups -OCH3 is 2. The first-order valence-electron chi connectivity index (χ1n) is 9.61. The second-order valence-corrected chi connectivity index (χ2v) is 6.66. The van der Waals surface area contributed by atoms with E-state index in [4.69, 9.17) is 9.47 Å². The van der Waals surface area contributed by atoms with Gasteiger partial charge in [-0.2, -0.15) is 10.2 Å². The third kappa shape index (κ3) is 4.86. The van der Waals surface area contributed by atoms with Gasteiger partial charge < -0.3 is 14.8 Å². The molecule has 0 saturated heterocycles. The highest BCUT2D eigenvalue weighted by molar-refractivity contribution is 5.79. The van der Waals surface area contributed by atoms with E-state index in [9.17, 15) is 9.59 Å². The van der Waals surface area contributed by atoms with Crippen LogP contribution in [-0.2, 0) is 11.3 Å². The Labute approximate surface area is 174 Å². The fourth-order valence-electron chi connectivity index (χ4n) is 2.98. The minimum atomic E-state index is -0.773. The van der Waals surface area contributed by atoms with E-state index >= 15 is 0 Å². The molecule has 0 fully saturated rings. The van der Waals surface area contributed by atoms with Crippen LogP contribution in [0.25, 0.3) is 11.3 Å². The van der Waals surface area contributed by atoms with Crippen molar-refractivity contribution in [2.24, 2.45) is 0 Å². The van der Waals surface area contributed by atoms with E-state index in [1.807, 2.05) is 24.4 Å². The second-order valence-electron chi connectivity index (χ2n) is 6.66. The van der Waals surface area contributed by atoms with Gasteiger partial charge in [-0.3, -0.25) is 14.3 Å². The summed E-state index contributed by atoms with van der Waals surface area (Å²) in [5.41, 5.74) is 0.801. The lowest BCUT2D eigenvalue weighted by molar-refractivity contribution is -0.124. The fourth-order valence-corrected chi connectivity index (χ4v) is 2.98. The van der Waals surface area contributed by atoms with Crippen LogP contribution in [0.3, 0.4) is 0 Å². The number of nitrogens with one attached hydrogen (secondary N) is 1. The van der Waals surface area contributed by atoms with Crippen LogP contribution in [0.1, 0.15) is 19.4 Å². The Bertz CT molecular complexity index is 1030. The number of amides is 1. The lowest BCUT2D eigenvalue weighted by atomic mass is 10.1. The van der Waals surface area contributed by atoms with Crippen LogP contribution in [0.2, 0.25) is 0 Å². The van der Waals surface area contributed by atoms with E-state index in [0.717, 1.165) is 12.0 Å². The number of nitrogens with zero attached hydrogens (tertiary/aromatic N) is 4. The minimum absolute atomic E-state index is 0.282. The number of aromatic nitrogens is 4. The summed E-state index contributed by atoms with van der Waals surface area (Å²) in [6.07, 6.45) is 4.30. The Hall–Kier alpha value is -3.62. The van der Waals surface area contributed by atoms with Crippen molar-refractivity contribution in [2.45, 2.75) is 25.9 Å². The molecule has 30 heavy (non-hydrogen) atoms. The molecule has 0 bridgehead atoms. The van der Waals surface area contributed by atoms with Gasteiger partial charge in [-0.05, 0) is 43.7 Å². The van der Waals surface area contributed by atoms with E-state index in [2.05, 4.69) is 15.5 Å². The summed E-state index contributed by atoms with van der Waals surface area (Å²) >= 11 is 0. The molecule has 0 aliphatic carbocycles. The van der Waals surface area contributed by atoms with Gasteiger partial charge in [0.2, 0.25) is 5.91 Å². The third-order valence-electron chi connectivity index (χ3n) is 4.67. The summed E-state index contributed by atoms with van der Waals surface area (Å²) in [5.74, 6) is 0.762. The van der Waals surface area contributed by atoms with E-state index in [1.165, 1.54) is 17.9 Å². The molecule has 1 atom stereocenters. The van der Waals surface area contributed by atoms with Crippen LogP contribution < -0.4 is 20.3 Å². The summed E-state index contributed by atoms with van der Waals surface area (Å²) in [7, 11) is 3.06. The van der Waals surface area contributed by atoms with Crippen LogP contribution >= 0.6 is 0 Å². The summed E-state index contributed by atoms with van der Waals surface area (Å²) < 4.78 is 13.5. The maximum atomic E-state index is 12.6. The van der Waals surface area contributed by atoms with Crippen LogP contribution in [0.5, 0.6) is 11.5 Å². The molecule has 2 heterocycles. The molecular weight excluding hydrogens is 386 g/mol. The number of hydrogen-bond acceptors (Lipinski definition) is 6. The molecule has 0 spiro atoms. The first kappa shape index (κ1) is 21.1. The molecule has 0 unspecified atom stereocenters. The Kier molecular flexibility index (Phi) is 6.84. The maximum Gasteiger partial charge on any atom is 0.271 e. The van der Waals surface area contributed by atoms with Crippen molar-refractivity contribution < 1.29 is 14.3 Å².